The lowest BCUT2D eigenvalue weighted by Gasteiger charge is -2.11. The first kappa shape index (κ1) is 18.1. The summed E-state index contributed by atoms with van der Waals surface area (Å²) >= 11 is 1.63. The zero-order chi connectivity index (χ0) is 17.5. The topological polar surface area (TPSA) is 52.6 Å². The van der Waals surface area contributed by atoms with E-state index in [-0.39, 0.29) is 12.6 Å². The molecule has 2 rings (SSSR count). The number of ether oxygens (including phenoxy) is 2. The maximum Gasteiger partial charge on any atom is 0.344 e. The van der Waals surface area contributed by atoms with Gasteiger partial charge in [-0.05, 0) is 62.2 Å². The molecule has 0 aliphatic carbocycles. The summed E-state index contributed by atoms with van der Waals surface area (Å²) in [5, 5.41) is 0. The quantitative estimate of drug-likeness (QED) is 0.556. The highest BCUT2D eigenvalue weighted by Crippen LogP contribution is 2.33. The molecular weight excluding hydrogens is 324 g/mol. The molecule has 0 aliphatic rings. The second kappa shape index (κ2) is 8.55. The van der Waals surface area contributed by atoms with Crippen LogP contribution in [-0.4, -0.2) is 25.5 Å². The third-order valence-electron chi connectivity index (χ3n) is 3.36. The van der Waals surface area contributed by atoms with Crippen LogP contribution in [0.4, 0.5) is 0 Å². The second-order valence-corrected chi connectivity index (χ2v) is 6.38. The van der Waals surface area contributed by atoms with Crippen molar-refractivity contribution in [2.24, 2.45) is 0 Å². The van der Waals surface area contributed by atoms with Crippen molar-refractivity contribution in [3.05, 3.63) is 53.1 Å². The third-order valence-corrected chi connectivity index (χ3v) is 4.53. The van der Waals surface area contributed by atoms with E-state index >= 15 is 0 Å². The van der Waals surface area contributed by atoms with Crippen molar-refractivity contribution in [2.45, 2.75) is 30.6 Å². The van der Waals surface area contributed by atoms with Crippen molar-refractivity contribution in [3.8, 4) is 5.75 Å². The average Bonchev–Trinajstić information content (AvgIpc) is 2.56. The van der Waals surface area contributed by atoms with Gasteiger partial charge in [0.2, 0.25) is 0 Å². The predicted molar refractivity (Wildman–Crippen MR) is 94.0 cm³/mol. The molecule has 2 aromatic rings. The number of hydrogen-bond acceptors (Lipinski definition) is 5. The van der Waals surface area contributed by atoms with Crippen LogP contribution in [0.15, 0.2) is 46.2 Å². The average molecular weight is 344 g/mol. The van der Waals surface area contributed by atoms with Gasteiger partial charge in [-0.1, -0.05) is 17.8 Å². The van der Waals surface area contributed by atoms with Crippen LogP contribution in [0, 0.1) is 13.8 Å². The normalized spacial score (nSPS) is 10.3. The van der Waals surface area contributed by atoms with Gasteiger partial charge in [0.1, 0.15) is 12.0 Å². The van der Waals surface area contributed by atoms with Crippen molar-refractivity contribution in [2.75, 3.05) is 13.2 Å². The maximum absolute atomic E-state index is 11.3. The largest absolute Gasteiger partial charge is 0.482 e. The van der Waals surface area contributed by atoms with Crippen LogP contribution in [0.3, 0.4) is 0 Å². The second-order valence-electron chi connectivity index (χ2n) is 5.27. The SMILES string of the molecule is CCOC(=O)COc1ccc(Sc2ccc(C=O)cc2C)cc1C. The van der Waals surface area contributed by atoms with Crippen LogP contribution in [-0.2, 0) is 9.53 Å². The molecular formula is C19H20O4S. The van der Waals surface area contributed by atoms with E-state index in [1.54, 1.807) is 18.7 Å². The van der Waals surface area contributed by atoms with E-state index in [1.807, 2.05) is 50.2 Å². The fraction of sp³-hybridized carbons (Fsp3) is 0.263. The van der Waals surface area contributed by atoms with Crippen LogP contribution in [0.1, 0.15) is 28.4 Å². The predicted octanol–water partition coefficient (Wildman–Crippen LogP) is 4.21. The molecule has 0 unspecified atom stereocenters. The molecule has 0 aliphatic heterocycles. The zero-order valence-electron chi connectivity index (χ0n) is 14.0. The monoisotopic (exact) mass is 344 g/mol. The number of esters is 1. The van der Waals surface area contributed by atoms with Gasteiger partial charge < -0.3 is 9.47 Å². The Labute approximate surface area is 146 Å². The Hall–Kier alpha value is -2.27. The van der Waals surface area contributed by atoms with Gasteiger partial charge in [-0.15, -0.1) is 0 Å². The highest BCUT2D eigenvalue weighted by Gasteiger charge is 2.08. The Morgan fingerprint density at radius 2 is 1.92 bits per heavy atom. The lowest BCUT2D eigenvalue weighted by molar-refractivity contribution is -0.145. The van der Waals surface area contributed by atoms with Crippen molar-refractivity contribution in [1.29, 1.82) is 0 Å². The van der Waals surface area contributed by atoms with Crippen LogP contribution in [0.2, 0.25) is 0 Å². The minimum absolute atomic E-state index is 0.0898. The molecule has 24 heavy (non-hydrogen) atoms. The smallest absolute Gasteiger partial charge is 0.344 e. The molecule has 4 nitrogen and oxygen atoms in total. The molecule has 0 saturated carbocycles. The van der Waals surface area contributed by atoms with Crippen molar-refractivity contribution in [3.63, 3.8) is 0 Å². The Bertz CT molecular complexity index is 740. The van der Waals surface area contributed by atoms with E-state index in [9.17, 15) is 9.59 Å². The first-order valence-electron chi connectivity index (χ1n) is 7.66. The first-order chi connectivity index (χ1) is 11.5. The van der Waals surface area contributed by atoms with E-state index in [2.05, 4.69) is 0 Å². The van der Waals surface area contributed by atoms with Gasteiger partial charge in [-0.3, -0.25) is 4.79 Å². The van der Waals surface area contributed by atoms with Gasteiger partial charge in [0, 0.05) is 15.4 Å². The van der Waals surface area contributed by atoms with E-state index in [1.165, 1.54) is 0 Å². The Morgan fingerprint density at radius 1 is 1.12 bits per heavy atom. The van der Waals surface area contributed by atoms with Gasteiger partial charge in [0.15, 0.2) is 6.61 Å². The molecule has 5 heteroatoms. The van der Waals surface area contributed by atoms with Gasteiger partial charge in [-0.25, -0.2) is 4.79 Å². The van der Waals surface area contributed by atoms with Gasteiger partial charge >= 0.3 is 5.97 Å². The summed E-state index contributed by atoms with van der Waals surface area (Å²) in [5.41, 5.74) is 2.69. The van der Waals surface area contributed by atoms with Crippen LogP contribution < -0.4 is 4.74 Å². The number of rotatable bonds is 7. The molecule has 0 N–H and O–H groups in total. The summed E-state index contributed by atoms with van der Waals surface area (Å²) in [6.07, 6.45) is 0.848. The van der Waals surface area contributed by atoms with Crippen LogP contribution in [0.25, 0.3) is 0 Å². The number of carbonyl (C=O) groups excluding carboxylic acids is 2. The fourth-order valence-corrected chi connectivity index (χ4v) is 3.16. The van der Waals surface area contributed by atoms with Crippen molar-refractivity contribution >= 4 is 24.0 Å². The molecule has 0 amide bonds. The molecule has 0 fully saturated rings. The summed E-state index contributed by atoms with van der Waals surface area (Å²) < 4.78 is 10.3. The Kier molecular flexibility index (Phi) is 6.44. The fourth-order valence-electron chi connectivity index (χ4n) is 2.17. The number of carbonyl (C=O) groups is 2. The van der Waals surface area contributed by atoms with E-state index in [0.717, 1.165) is 27.2 Å². The summed E-state index contributed by atoms with van der Waals surface area (Å²) in [6, 6.07) is 11.4. The third kappa shape index (κ3) is 4.86. The number of hydrogen-bond donors (Lipinski definition) is 0. The van der Waals surface area contributed by atoms with Gasteiger partial charge in [-0.2, -0.15) is 0 Å². The Balaban J connectivity index is 2.06. The summed E-state index contributed by atoms with van der Waals surface area (Å²) in [4.78, 5) is 24.3. The molecule has 0 radical (unpaired) electrons. The van der Waals surface area contributed by atoms with E-state index in [0.29, 0.717) is 17.9 Å². The summed E-state index contributed by atoms with van der Waals surface area (Å²) in [7, 11) is 0. The number of benzene rings is 2. The zero-order valence-corrected chi connectivity index (χ0v) is 14.8. The summed E-state index contributed by atoms with van der Waals surface area (Å²) in [6.45, 7) is 5.94. The number of aldehydes is 1. The minimum atomic E-state index is -0.374. The molecule has 0 atom stereocenters. The molecule has 0 saturated heterocycles. The maximum atomic E-state index is 11.3. The first-order valence-corrected chi connectivity index (χ1v) is 8.48. The van der Waals surface area contributed by atoms with Crippen molar-refractivity contribution in [1.82, 2.24) is 0 Å². The molecule has 0 aromatic heterocycles. The minimum Gasteiger partial charge on any atom is -0.482 e. The highest BCUT2D eigenvalue weighted by molar-refractivity contribution is 7.99. The van der Waals surface area contributed by atoms with Gasteiger partial charge in [0.05, 0.1) is 6.61 Å². The van der Waals surface area contributed by atoms with Crippen molar-refractivity contribution < 1.29 is 19.1 Å². The Morgan fingerprint density at radius 3 is 2.54 bits per heavy atom. The molecule has 126 valence electrons. The van der Waals surface area contributed by atoms with Crippen LogP contribution >= 0.6 is 11.8 Å². The summed E-state index contributed by atoms with van der Waals surface area (Å²) in [5.74, 6) is 0.293. The number of aryl methyl sites for hydroxylation is 2. The molecule has 0 bridgehead atoms. The lowest BCUT2D eigenvalue weighted by Crippen LogP contribution is -2.14. The molecule has 2 aromatic carbocycles. The molecule has 0 spiro atoms. The molecule has 0 heterocycles. The van der Waals surface area contributed by atoms with Crippen LogP contribution in [0.5, 0.6) is 5.75 Å². The highest BCUT2D eigenvalue weighted by atomic mass is 32.2. The van der Waals surface area contributed by atoms with E-state index < -0.39 is 0 Å². The van der Waals surface area contributed by atoms with E-state index in [4.69, 9.17) is 9.47 Å². The standard InChI is InChI=1S/C19H20O4S/c1-4-22-19(21)12-23-17-7-6-16(10-13(17)2)24-18-8-5-15(11-20)9-14(18)3/h5-11H,4,12H2,1-3H3. The van der Waals surface area contributed by atoms with Gasteiger partial charge in [0.25, 0.3) is 0 Å². The lowest BCUT2D eigenvalue weighted by atomic mass is 10.2.